The van der Waals surface area contributed by atoms with E-state index in [1.165, 1.54) is 27.6 Å². The normalized spacial score (nSPS) is 12.1. The number of rotatable bonds is 9. The molecule has 1 unspecified atom stereocenters. The quantitative estimate of drug-likeness (QED) is 0.180. The van der Waals surface area contributed by atoms with Gasteiger partial charge in [-0.3, -0.25) is 0 Å². The zero-order chi connectivity index (χ0) is 21.8. The summed E-state index contributed by atoms with van der Waals surface area (Å²) in [5, 5.41) is 5.25. The number of fused-ring (bicyclic) bond motifs is 2. The van der Waals surface area contributed by atoms with Gasteiger partial charge in [0.05, 0.1) is 0 Å². The van der Waals surface area contributed by atoms with Gasteiger partial charge in [-0.2, -0.15) is 4.99 Å². The summed E-state index contributed by atoms with van der Waals surface area (Å²) in [6.07, 6.45) is 1.82. The molecular formula is C24H31NO4Si. The van der Waals surface area contributed by atoms with E-state index in [4.69, 9.17) is 13.3 Å². The average Bonchev–Trinajstić information content (AvgIpc) is 2.73. The van der Waals surface area contributed by atoms with E-state index in [9.17, 15) is 4.79 Å². The van der Waals surface area contributed by atoms with Crippen LogP contribution in [-0.2, 0) is 18.1 Å². The molecule has 0 radical (unpaired) electrons. The van der Waals surface area contributed by atoms with Crippen LogP contribution in [0.15, 0.2) is 65.7 Å². The van der Waals surface area contributed by atoms with Crippen molar-refractivity contribution in [3.63, 3.8) is 0 Å². The Bertz CT molecular complexity index is 849. The van der Waals surface area contributed by atoms with Crippen LogP contribution < -0.4 is 0 Å². The van der Waals surface area contributed by atoms with E-state index in [-0.39, 0.29) is 0 Å². The van der Waals surface area contributed by atoms with Crippen molar-refractivity contribution < 1.29 is 18.1 Å². The number of hydrogen-bond acceptors (Lipinski definition) is 5. The summed E-state index contributed by atoms with van der Waals surface area (Å²) in [4.78, 5) is 13.6. The Kier molecular flexibility index (Phi) is 9.87. The lowest BCUT2D eigenvalue weighted by Gasteiger charge is -2.29. The number of nitrogens with zero attached hydrogens (tertiary/aromatic N) is 1. The molecule has 0 aliphatic carbocycles. The Balaban J connectivity index is 0.000000214. The number of hydrogen-bond donors (Lipinski definition) is 0. The lowest BCUT2D eigenvalue weighted by atomic mass is 10.0. The second-order valence-electron chi connectivity index (χ2n) is 6.78. The van der Waals surface area contributed by atoms with E-state index in [0.717, 1.165) is 12.5 Å². The highest BCUT2D eigenvalue weighted by atomic mass is 28.4. The molecule has 0 N–H and O–H groups in total. The third-order valence-electron chi connectivity index (χ3n) is 4.48. The maximum absolute atomic E-state index is 10.1. The van der Waals surface area contributed by atoms with Gasteiger partial charge in [0.1, 0.15) is 0 Å². The number of isocyanates is 1. The second-order valence-corrected chi connectivity index (χ2v) is 9.46. The first-order chi connectivity index (χ1) is 14.6. The van der Waals surface area contributed by atoms with E-state index in [2.05, 4.69) is 65.7 Å². The largest absolute Gasteiger partial charge is 0.502 e. The lowest BCUT2D eigenvalue weighted by Crippen LogP contribution is -2.47. The van der Waals surface area contributed by atoms with E-state index < -0.39 is 15.0 Å². The summed E-state index contributed by atoms with van der Waals surface area (Å²) in [5.74, 6) is 0. The molecule has 0 aliphatic rings. The van der Waals surface area contributed by atoms with Crippen molar-refractivity contribution >= 4 is 36.4 Å². The van der Waals surface area contributed by atoms with E-state index in [1.807, 2.05) is 20.8 Å². The molecule has 3 aromatic rings. The van der Waals surface area contributed by atoms with Gasteiger partial charge in [0.2, 0.25) is 6.08 Å². The van der Waals surface area contributed by atoms with Crippen molar-refractivity contribution in [1.82, 2.24) is 0 Å². The highest BCUT2D eigenvalue weighted by molar-refractivity contribution is 6.60. The van der Waals surface area contributed by atoms with Crippen LogP contribution in [0.4, 0.5) is 0 Å². The molecule has 0 saturated heterocycles. The summed E-state index contributed by atoms with van der Waals surface area (Å²) >= 11 is 0. The molecule has 0 heterocycles. The molecule has 160 valence electrons. The van der Waals surface area contributed by atoms with Gasteiger partial charge < -0.3 is 13.3 Å². The fourth-order valence-electron chi connectivity index (χ4n) is 3.30. The number of aliphatic imine (C=N–C) groups is 1. The molecule has 0 bridgehead atoms. The van der Waals surface area contributed by atoms with Crippen LogP contribution in [0.1, 0.15) is 34.1 Å². The minimum atomic E-state index is -2.67. The van der Waals surface area contributed by atoms with E-state index in [0.29, 0.717) is 13.2 Å². The number of benzene rings is 3. The lowest BCUT2D eigenvalue weighted by molar-refractivity contribution is 0.0412. The molecule has 3 rings (SSSR count). The zero-order valence-corrected chi connectivity index (χ0v) is 19.3. The Labute approximate surface area is 180 Å². The Hall–Kier alpha value is -2.34. The van der Waals surface area contributed by atoms with Crippen LogP contribution in [-0.4, -0.2) is 34.3 Å². The molecule has 0 saturated carbocycles. The fourth-order valence-corrected chi connectivity index (χ4v) is 5.99. The van der Waals surface area contributed by atoms with Crippen molar-refractivity contribution in [2.24, 2.45) is 4.99 Å². The molecule has 1 atom stereocenters. The molecule has 0 aliphatic heterocycles. The van der Waals surface area contributed by atoms with Crippen LogP contribution in [0.2, 0.25) is 6.04 Å². The molecule has 30 heavy (non-hydrogen) atoms. The Morgan fingerprint density at radius 1 is 0.867 bits per heavy atom. The van der Waals surface area contributed by atoms with Crippen LogP contribution in [0.5, 0.6) is 0 Å². The third kappa shape index (κ3) is 6.87. The van der Waals surface area contributed by atoms with E-state index in [1.54, 1.807) is 6.92 Å². The first kappa shape index (κ1) is 23.9. The number of carbonyl (C=O) groups excluding carboxylic acids is 1. The summed E-state index contributed by atoms with van der Waals surface area (Å²) in [5.41, 5.74) is 0. The van der Waals surface area contributed by atoms with Gasteiger partial charge in [-0.05, 0) is 54.4 Å². The molecule has 0 spiro atoms. The molecule has 5 nitrogen and oxygen atoms in total. The summed E-state index contributed by atoms with van der Waals surface area (Å²) in [6, 6.07) is 22.2. The van der Waals surface area contributed by atoms with Crippen LogP contribution in [0.25, 0.3) is 21.5 Å². The highest BCUT2D eigenvalue weighted by Crippen LogP contribution is 2.22. The van der Waals surface area contributed by atoms with Gasteiger partial charge in [-0.25, -0.2) is 4.79 Å². The Morgan fingerprint density at radius 2 is 1.30 bits per heavy atom. The van der Waals surface area contributed by atoms with Gasteiger partial charge in [0.25, 0.3) is 0 Å². The van der Waals surface area contributed by atoms with Gasteiger partial charge >= 0.3 is 8.80 Å². The summed E-state index contributed by atoms with van der Waals surface area (Å²) in [7, 11) is -2.67. The highest BCUT2D eigenvalue weighted by Gasteiger charge is 2.41. The van der Waals surface area contributed by atoms with Gasteiger partial charge in [0.15, 0.2) is 6.23 Å². The maximum Gasteiger partial charge on any atom is 0.502 e. The predicted molar refractivity (Wildman–Crippen MR) is 124 cm³/mol. The van der Waals surface area contributed by atoms with Crippen molar-refractivity contribution in [2.75, 3.05) is 13.2 Å². The molecular weight excluding hydrogens is 394 g/mol. The first-order valence-electron chi connectivity index (χ1n) is 10.5. The molecule has 6 heteroatoms. The van der Waals surface area contributed by atoms with Crippen LogP contribution >= 0.6 is 0 Å². The molecule has 3 aromatic carbocycles. The first-order valence-corrected chi connectivity index (χ1v) is 12.4. The summed E-state index contributed by atoms with van der Waals surface area (Å²) < 4.78 is 16.9. The smallest absolute Gasteiger partial charge is 0.374 e. The summed E-state index contributed by atoms with van der Waals surface area (Å²) in [6.45, 7) is 8.57. The van der Waals surface area contributed by atoms with Gasteiger partial charge in [-0.1, -0.05) is 61.9 Å². The SMILES string of the molecule is CCC[Si](OCC)(OCC)OC(C)N=C=O.c1ccc2cc3ccccc3cc2c1. The topological polar surface area (TPSA) is 57.1 Å². The van der Waals surface area contributed by atoms with Gasteiger partial charge in [0, 0.05) is 19.3 Å². The van der Waals surface area contributed by atoms with Crippen molar-refractivity contribution in [3.05, 3.63) is 60.7 Å². The zero-order valence-electron chi connectivity index (χ0n) is 18.3. The fraction of sp³-hybridized carbons (Fsp3) is 0.375. The van der Waals surface area contributed by atoms with Crippen molar-refractivity contribution in [2.45, 2.75) is 46.4 Å². The molecule has 0 aromatic heterocycles. The van der Waals surface area contributed by atoms with E-state index >= 15 is 0 Å². The second kappa shape index (κ2) is 12.4. The molecule has 0 amide bonds. The van der Waals surface area contributed by atoms with Crippen molar-refractivity contribution in [3.8, 4) is 0 Å². The maximum atomic E-state index is 10.1. The monoisotopic (exact) mass is 425 g/mol. The minimum absolute atomic E-state index is 0.531. The standard InChI is InChI=1S/C14H10.C10H21NO4Si/c1-2-6-12-10-14-8-4-3-7-13(14)9-11(12)5-1;1-5-8-16(13-6-2,14-7-3)15-10(4)11-9-12/h1-10H;10H,5-8H2,1-4H3. The molecule has 0 fully saturated rings. The minimum Gasteiger partial charge on any atom is -0.374 e. The predicted octanol–water partition coefficient (Wildman–Crippen LogP) is 6.10. The Morgan fingerprint density at radius 3 is 1.63 bits per heavy atom. The van der Waals surface area contributed by atoms with Crippen LogP contribution in [0, 0.1) is 0 Å². The van der Waals surface area contributed by atoms with Crippen molar-refractivity contribution in [1.29, 1.82) is 0 Å². The average molecular weight is 426 g/mol. The van der Waals surface area contributed by atoms with Crippen LogP contribution in [0.3, 0.4) is 0 Å². The van der Waals surface area contributed by atoms with Gasteiger partial charge in [-0.15, -0.1) is 0 Å². The third-order valence-corrected chi connectivity index (χ3v) is 7.75.